The van der Waals surface area contributed by atoms with E-state index in [0.717, 1.165) is 16.6 Å². The van der Waals surface area contributed by atoms with Crippen molar-refractivity contribution in [2.75, 3.05) is 11.9 Å². The number of hydrogen-bond acceptors (Lipinski definition) is 6. The molecule has 0 unspecified atom stereocenters. The molecule has 0 fully saturated rings. The number of amides is 1. The first-order valence-corrected chi connectivity index (χ1v) is 9.05. The molecule has 0 atom stereocenters. The van der Waals surface area contributed by atoms with Gasteiger partial charge >= 0.3 is 5.97 Å². The number of aromatic amines is 1. The van der Waals surface area contributed by atoms with Crippen LogP contribution in [0.5, 0.6) is 0 Å². The van der Waals surface area contributed by atoms with Crippen LogP contribution in [0.3, 0.4) is 0 Å². The highest BCUT2D eigenvalue weighted by Crippen LogP contribution is 2.27. The molecule has 2 N–H and O–H groups in total. The van der Waals surface area contributed by atoms with Crippen LogP contribution in [-0.2, 0) is 4.74 Å². The van der Waals surface area contributed by atoms with E-state index in [0.29, 0.717) is 16.8 Å². The number of rotatable bonds is 5. The van der Waals surface area contributed by atoms with Gasteiger partial charge in [0.25, 0.3) is 5.91 Å². The van der Waals surface area contributed by atoms with Gasteiger partial charge in [-0.2, -0.15) is 5.10 Å². The Balaban J connectivity index is 1.60. The lowest BCUT2D eigenvalue weighted by molar-refractivity contribution is 0.0521. The minimum absolute atomic E-state index is 0.221. The normalized spacial score (nSPS) is 10.8. The number of benzene rings is 2. The van der Waals surface area contributed by atoms with Crippen molar-refractivity contribution in [1.82, 2.24) is 15.4 Å². The number of aryl methyl sites for hydroxylation is 1. The molecule has 29 heavy (non-hydrogen) atoms. The van der Waals surface area contributed by atoms with Crippen LogP contribution in [0.4, 0.5) is 5.69 Å². The molecule has 4 aromatic rings. The average molecular weight is 390 g/mol. The number of carbonyl (C=O) groups excluding carboxylic acids is 2. The third kappa shape index (κ3) is 3.73. The Kier molecular flexibility index (Phi) is 4.82. The summed E-state index contributed by atoms with van der Waals surface area (Å²) in [5.41, 5.74) is 3.64. The number of fused-ring (bicyclic) bond motifs is 1. The lowest BCUT2D eigenvalue weighted by Crippen LogP contribution is -2.12. The molecule has 146 valence electrons. The van der Waals surface area contributed by atoms with Crippen LogP contribution < -0.4 is 5.32 Å². The van der Waals surface area contributed by atoms with Crippen molar-refractivity contribution in [3.63, 3.8) is 0 Å². The first-order valence-electron chi connectivity index (χ1n) is 9.05. The number of carbonyl (C=O) groups is 2. The number of H-pyrrole nitrogens is 1. The second-order valence-corrected chi connectivity index (χ2v) is 6.41. The zero-order valence-electron chi connectivity index (χ0n) is 15.9. The molecule has 0 aliphatic heterocycles. The monoisotopic (exact) mass is 390 g/mol. The maximum absolute atomic E-state index is 12.3. The summed E-state index contributed by atoms with van der Waals surface area (Å²) in [6, 6.07) is 14.6. The van der Waals surface area contributed by atoms with Gasteiger partial charge in [-0.3, -0.25) is 9.89 Å². The fraction of sp³-hybridized carbons (Fsp3) is 0.143. The van der Waals surface area contributed by atoms with E-state index in [1.165, 1.54) is 0 Å². The van der Waals surface area contributed by atoms with E-state index in [1.807, 2.05) is 36.4 Å². The molecule has 0 bridgehead atoms. The van der Waals surface area contributed by atoms with Crippen LogP contribution in [-0.4, -0.2) is 33.8 Å². The highest BCUT2D eigenvalue weighted by Gasteiger charge is 2.16. The number of nitrogens with one attached hydrogen (secondary N) is 2. The lowest BCUT2D eigenvalue weighted by atomic mass is 10.0. The maximum atomic E-state index is 12.3. The minimum atomic E-state index is -0.459. The average Bonchev–Trinajstić information content (AvgIpc) is 3.34. The summed E-state index contributed by atoms with van der Waals surface area (Å²) in [6.07, 6.45) is 0. The lowest BCUT2D eigenvalue weighted by Gasteiger charge is -2.07. The summed E-state index contributed by atoms with van der Waals surface area (Å²) >= 11 is 0. The van der Waals surface area contributed by atoms with Crippen molar-refractivity contribution in [3.8, 4) is 11.1 Å². The Morgan fingerprint density at radius 2 is 1.97 bits per heavy atom. The van der Waals surface area contributed by atoms with Crippen LogP contribution in [0, 0.1) is 6.92 Å². The second-order valence-electron chi connectivity index (χ2n) is 6.41. The fourth-order valence-corrected chi connectivity index (χ4v) is 3.00. The molecular formula is C21H18N4O4. The smallest absolute Gasteiger partial charge is 0.359 e. The van der Waals surface area contributed by atoms with E-state index in [2.05, 4.69) is 20.7 Å². The second kappa shape index (κ2) is 7.59. The molecule has 1 amide bonds. The molecule has 8 nitrogen and oxygen atoms in total. The first kappa shape index (κ1) is 18.4. The largest absolute Gasteiger partial charge is 0.461 e. The molecule has 0 aliphatic rings. The van der Waals surface area contributed by atoms with Crippen molar-refractivity contribution in [1.29, 1.82) is 0 Å². The molecule has 0 saturated heterocycles. The van der Waals surface area contributed by atoms with Gasteiger partial charge in [0, 0.05) is 17.1 Å². The molecule has 0 spiro atoms. The van der Waals surface area contributed by atoms with Crippen LogP contribution in [0.2, 0.25) is 0 Å². The fourth-order valence-electron chi connectivity index (χ4n) is 3.00. The summed E-state index contributed by atoms with van der Waals surface area (Å²) < 4.78 is 9.96. The van der Waals surface area contributed by atoms with Gasteiger partial charge in [0.2, 0.25) is 0 Å². The molecular weight excluding hydrogens is 372 g/mol. The Morgan fingerprint density at radius 1 is 1.14 bits per heavy atom. The van der Waals surface area contributed by atoms with Gasteiger partial charge in [-0.25, -0.2) is 4.79 Å². The standard InChI is InChI=1S/C21H18N4O4/c1-3-28-21(27)19-16-8-7-14(11-17(16)23-24-19)13-5-4-6-15(10-13)22-20(26)18-9-12(2)29-25-18/h4-11H,3H2,1-2H3,(H,22,26)(H,23,24). The van der Waals surface area contributed by atoms with E-state index in [-0.39, 0.29) is 23.9 Å². The summed E-state index contributed by atoms with van der Waals surface area (Å²) in [4.78, 5) is 24.3. The molecule has 8 heteroatoms. The SMILES string of the molecule is CCOC(=O)c1n[nH]c2cc(-c3cccc(NC(=O)c4cc(C)on4)c3)ccc12. The van der Waals surface area contributed by atoms with Crippen molar-refractivity contribution < 1.29 is 18.8 Å². The van der Waals surface area contributed by atoms with Crippen molar-refractivity contribution in [2.45, 2.75) is 13.8 Å². The zero-order chi connectivity index (χ0) is 20.4. The van der Waals surface area contributed by atoms with Gasteiger partial charge in [0.1, 0.15) is 5.76 Å². The molecule has 2 heterocycles. The van der Waals surface area contributed by atoms with Crippen molar-refractivity contribution >= 4 is 28.5 Å². The van der Waals surface area contributed by atoms with Crippen LogP contribution in [0.25, 0.3) is 22.0 Å². The molecule has 2 aromatic carbocycles. The maximum Gasteiger partial charge on any atom is 0.359 e. The quantitative estimate of drug-likeness (QED) is 0.499. The Labute approximate surface area is 165 Å². The predicted octanol–water partition coefficient (Wildman–Crippen LogP) is 3.96. The number of anilines is 1. The van der Waals surface area contributed by atoms with E-state index >= 15 is 0 Å². The third-order valence-electron chi connectivity index (χ3n) is 4.35. The Bertz CT molecular complexity index is 1210. The van der Waals surface area contributed by atoms with Crippen LogP contribution in [0.1, 0.15) is 33.7 Å². The van der Waals surface area contributed by atoms with Gasteiger partial charge in [-0.05, 0) is 49.2 Å². The summed E-state index contributed by atoms with van der Waals surface area (Å²) in [6.45, 7) is 3.77. The molecule has 0 aliphatic carbocycles. The minimum Gasteiger partial charge on any atom is -0.461 e. The van der Waals surface area contributed by atoms with Gasteiger partial charge in [-0.1, -0.05) is 23.4 Å². The van der Waals surface area contributed by atoms with Gasteiger partial charge in [0.05, 0.1) is 12.1 Å². The Morgan fingerprint density at radius 3 is 2.72 bits per heavy atom. The summed E-state index contributed by atoms with van der Waals surface area (Å²) in [7, 11) is 0. The molecule has 0 saturated carbocycles. The van der Waals surface area contributed by atoms with Gasteiger partial charge in [0.15, 0.2) is 11.4 Å². The molecule has 2 aromatic heterocycles. The van der Waals surface area contributed by atoms with Crippen molar-refractivity contribution in [3.05, 3.63) is 65.7 Å². The van der Waals surface area contributed by atoms with Gasteiger partial charge in [-0.15, -0.1) is 0 Å². The highest BCUT2D eigenvalue weighted by molar-refractivity contribution is 6.04. The first-order chi connectivity index (χ1) is 14.0. The number of esters is 1. The highest BCUT2D eigenvalue weighted by atomic mass is 16.5. The predicted molar refractivity (Wildman–Crippen MR) is 107 cm³/mol. The van der Waals surface area contributed by atoms with E-state index < -0.39 is 5.97 Å². The number of aromatic nitrogens is 3. The van der Waals surface area contributed by atoms with E-state index in [1.54, 1.807) is 26.0 Å². The summed E-state index contributed by atoms with van der Waals surface area (Å²) in [5.74, 6) is -0.236. The van der Waals surface area contributed by atoms with Crippen LogP contribution in [0.15, 0.2) is 53.1 Å². The van der Waals surface area contributed by atoms with Gasteiger partial charge < -0.3 is 14.6 Å². The topological polar surface area (TPSA) is 110 Å². The third-order valence-corrected chi connectivity index (χ3v) is 4.35. The number of ether oxygens (including phenoxy) is 1. The molecule has 0 radical (unpaired) electrons. The number of hydrogen-bond donors (Lipinski definition) is 2. The summed E-state index contributed by atoms with van der Waals surface area (Å²) in [5, 5.41) is 14.2. The zero-order valence-corrected chi connectivity index (χ0v) is 15.9. The Hall–Kier alpha value is -3.94. The number of nitrogens with zero attached hydrogens (tertiary/aromatic N) is 2. The molecule has 4 rings (SSSR count). The van der Waals surface area contributed by atoms with E-state index in [9.17, 15) is 9.59 Å². The van der Waals surface area contributed by atoms with E-state index in [4.69, 9.17) is 9.26 Å². The van der Waals surface area contributed by atoms with Crippen molar-refractivity contribution in [2.24, 2.45) is 0 Å². The van der Waals surface area contributed by atoms with Crippen LogP contribution >= 0.6 is 0 Å².